The maximum Gasteiger partial charge on any atom is 0.123 e. The van der Waals surface area contributed by atoms with Crippen molar-refractivity contribution < 1.29 is 14.2 Å². The third-order valence-electron chi connectivity index (χ3n) is 1.96. The van der Waals surface area contributed by atoms with E-state index in [0.717, 1.165) is 6.42 Å². The molecule has 1 aromatic carbocycles. The molecule has 1 N–H and O–H groups in total. The summed E-state index contributed by atoms with van der Waals surface area (Å²) in [5, 5.41) is 9.45. The third-order valence-corrected chi connectivity index (χ3v) is 1.96. The van der Waals surface area contributed by atoms with Crippen molar-refractivity contribution >= 4 is 0 Å². The first-order valence-electron chi connectivity index (χ1n) is 4.89. The van der Waals surface area contributed by atoms with Crippen LogP contribution in [0.5, 0.6) is 5.75 Å². The molecule has 82 valence electrons. The monoisotopic (exact) mass is 210 g/mol. The van der Waals surface area contributed by atoms with Gasteiger partial charge in [-0.3, -0.25) is 0 Å². The minimum Gasteiger partial charge on any atom is -0.491 e. The van der Waals surface area contributed by atoms with Gasteiger partial charge in [-0.25, -0.2) is 4.39 Å². The largest absolute Gasteiger partial charge is 0.491 e. The van der Waals surface area contributed by atoms with E-state index in [1.54, 1.807) is 6.08 Å². The summed E-state index contributed by atoms with van der Waals surface area (Å²) in [7, 11) is 0. The zero-order chi connectivity index (χ0) is 11.1. The first-order chi connectivity index (χ1) is 7.22. The molecule has 0 aliphatic rings. The van der Waals surface area contributed by atoms with Gasteiger partial charge in [-0.2, -0.15) is 0 Å². The number of hydrogen-bond acceptors (Lipinski definition) is 2. The Morgan fingerprint density at radius 2 is 2.07 bits per heavy atom. The number of allylic oxidation sites excluding steroid dienone is 1. The van der Waals surface area contributed by atoms with Crippen LogP contribution in [0, 0.1) is 5.82 Å². The molecular formula is C12H15FO2. The van der Waals surface area contributed by atoms with Crippen molar-refractivity contribution in [1.29, 1.82) is 0 Å². The maximum atomic E-state index is 12.5. The summed E-state index contributed by atoms with van der Waals surface area (Å²) in [5.41, 5.74) is 0. The number of rotatable bonds is 6. The van der Waals surface area contributed by atoms with Gasteiger partial charge in [-0.15, -0.1) is 6.58 Å². The van der Waals surface area contributed by atoms with Gasteiger partial charge in [0, 0.05) is 0 Å². The highest BCUT2D eigenvalue weighted by atomic mass is 19.1. The molecule has 1 aromatic rings. The molecule has 1 atom stereocenters. The molecule has 1 rings (SSSR count). The Morgan fingerprint density at radius 3 is 2.67 bits per heavy atom. The first kappa shape index (κ1) is 11.7. The fraction of sp³-hybridized carbons (Fsp3) is 0.333. The van der Waals surface area contributed by atoms with Crippen LogP contribution in [-0.2, 0) is 0 Å². The highest BCUT2D eigenvalue weighted by Crippen LogP contribution is 2.11. The lowest BCUT2D eigenvalue weighted by Crippen LogP contribution is -2.16. The molecule has 0 radical (unpaired) electrons. The van der Waals surface area contributed by atoms with Gasteiger partial charge in [-0.05, 0) is 37.1 Å². The summed E-state index contributed by atoms with van der Waals surface area (Å²) < 4.78 is 17.8. The van der Waals surface area contributed by atoms with Gasteiger partial charge in [-0.1, -0.05) is 6.08 Å². The number of aliphatic hydroxyl groups excluding tert-OH is 1. The Bertz CT molecular complexity index is 295. The van der Waals surface area contributed by atoms with Crippen molar-refractivity contribution in [2.45, 2.75) is 18.9 Å². The van der Waals surface area contributed by atoms with Crippen LogP contribution >= 0.6 is 0 Å². The maximum absolute atomic E-state index is 12.5. The molecule has 0 spiro atoms. The Labute approximate surface area is 89.0 Å². The van der Waals surface area contributed by atoms with E-state index in [2.05, 4.69) is 6.58 Å². The lowest BCUT2D eigenvalue weighted by Gasteiger charge is -2.11. The highest BCUT2D eigenvalue weighted by molar-refractivity contribution is 5.22. The molecule has 0 heterocycles. The van der Waals surface area contributed by atoms with Crippen LogP contribution in [0.2, 0.25) is 0 Å². The number of ether oxygens (including phenoxy) is 1. The van der Waals surface area contributed by atoms with Crippen LogP contribution in [0.3, 0.4) is 0 Å². The van der Waals surface area contributed by atoms with Crippen molar-refractivity contribution in [3.8, 4) is 5.75 Å². The van der Waals surface area contributed by atoms with Crippen LogP contribution in [-0.4, -0.2) is 17.8 Å². The Hall–Kier alpha value is -1.35. The van der Waals surface area contributed by atoms with Crippen LogP contribution < -0.4 is 4.74 Å². The van der Waals surface area contributed by atoms with Crippen LogP contribution in [0.15, 0.2) is 36.9 Å². The molecule has 0 saturated carbocycles. The molecule has 0 fully saturated rings. The van der Waals surface area contributed by atoms with Crippen LogP contribution in [0.25, 0.3) is 0 Å². The van der Waals surface area contributed by atoms with Gasteiger partial charge >= 0.3 is 0 Å². The molecule has 0 unspecified atom stereocenters. The van der Waals surface area contributed by atoms with E-state index in [4.69, 9.17) is 4.74 Å². The van der Waals surface area contributed by atoms with Crippen LogP contribution in [0.1, 0.15) is 12.8 Å². The fourth-order valence-electron chi connectivity index (χ4n) is 1.12. The number of benzene rings is 1. The average molecular weight is 210 g/mol. The molecule has 0 bridgehead atoms. The van der Waals surface area contributed by atoms with Gasteiger partial charge in [0.05, 0.1) is 6.10 Å². The summed E-state index contributed by atoms with van der Waals surface area (Å²) in [4.78, 5) is 0. The Kier molecular flexibility index (Phi) is 4.84. The quantitative estimate of drug-likeness (QED) is 0.731. The second-order valence-electron chi connectivity index (χ2n) is 3.28. The van der Waals surface area contributed by atoms with E-state index in [-0.39, 0.29) is 12.4 Å². The zero-order valence-corrected chi connectivity index (χ0v) is 8.53. The predicted octanol–water partition coefficient (Wildman–Crippen LogP) is 2.53. The Morgan fingerprint density at radius 1 is 1.40 bits per heavy atom. The summed E-state index contributed by atoms with van der Waals surface area (Å²) >= 11 is 0. The van der Waals surface area contributed by atoms with Crippen LogP contribution in [0.4, 0.5) is 4.39 Å². The van der Waals surface area contributed by atoms with Crippen molar-refractivity contribution in [1.82, 2.24) is 0 Å². The fourth-order valence-corrected chi connectivity index (χ4v) is 1.12. The van der Waals surface area contributed by atoms with Crippen molar-refractivity contribution in [3.05, 3.63) is 42.7 Å². The molecule has 0 aromatic heterocycles. The van der Waals surface area contributed by atoms with E-state index in [1.807, 2.05) is 0 Å². The smallest absolute Gasteiger partial charge is 0.123 e. The Balaban J connectivity index is 2.30. The van der Waals surface area contributed by atoms with Crippen molar-refractivity contribution in [3.63, 3.8) is 0 Å². The van der Waals surface area contributed by atoms with Gasteiger partial charge in [0.15, 0.2) is 0 Å². The van der Waals surface area contributed by atoms with E-state index >= 15 is 0 Å². The zero-order valence-electron chi connectivity index (χ0n) is 8.53. The summed E-state index contributed by atoms with van der Waals surface area (Å²) in [5.74, 6) is 0.267. The van der Waals surface area contributed by atoms with E-state index in [1.165, 1.54) is 24.3 Å². The second kappa shape index (κ2) is 6.19. The summed E-state index contributed by atoms with van der Waals surface area (Å²) in [6.07, 6.45) is 2.63. The van der Waals surface area contributed by atoms with E-state index in [9.17, 15) is 9.50 Å². The lowest BCUT2D eigenvalue weighted by atomic mass is 10.2. The standard InChI is InChI=1S/C12H15FO2/c1-2-3-4-11(14)9-15-12-7-5-10(13)6-8-12/h2,5-8,11,14H,1,3-4,9H2/t11-/m0/s1. The number of aliphatic hydroxyl groups is 1. The SMILES string of the molecule is C=CCC[C@H](O)COc1ccc(F)cc1. The van der Waals surface area contributed by atoms with Crippen molar-refractivity contribution in [2.75, 3.05) is 6.61 Å². The molecule has 0 aliphatic heterocycles. The van der Waals surface area contributed by atoms with Gasteiger partial charge < -0.3 is 9.84 Å². The minimum absolute atomic E-state index is 0.222. The molecule has 15 heavy (non-hydrogen) atoms. The average Bonchev–Trinajstić information content (AvgIpc) is 2.25. The highest BCUT2D eigenvalue weighted by Gasteiger charge is 2.03. The lowest BCUT2D eigenvalue weighted by molar-refractivity contribution is 0.101. The topological polar surface area (TPSA) is 29.5 Å². The predicted molar refractivity (Wildman–Crippen MR) is 57.3 cm³/mol. The van der Waals surface area contributed by atoms with E-state index in [0.29, 0.717) is 12.2 Å². The summed E-state index contributed by atoms with van der Waals surface area (Å²) in [6.45, 7) is 3.79. The van der Waals surface area contributed by atoms with Gasteiger partial charge in [0.25, 0.3) is 0 Å². The second-order valence-corrected chi connectivity index (χ2v) is 3.28. The van der Waals surface area contributed by atoms with Crippen molar-refractivity contribution in [2.24, 2.45) is 0 Å². The molecule has 3 heteroatoms. The molecule has 2 nitrogen and oxygen atoms in total. The van der Waals surface area contributed by atoms with Gasteiger partial charge in [0.1, 0.15) is 18.2 Å². The molecule has 0 amide bonds. The number of halogens is 1. The first-order valence-corrected chi connectivity index (χ1v) is 4.89. The molecule has 0 saturated heterocycles. The molecule has 0 aliphatic carbocycles. The number of hydrogen-bond donors (Lipinski definition) is 1. The third kappa shape index (κ3) is 4.61. The van der Waals surface area contributed by atoms with E-state index < -0.39 is 6.10 Å². The summed E-state index contributed by atoms with van der Waals surface area (Å²) in [6, 6.07) is 5.72. The van der Waals surface area contributed by atoms with Gasteiger partial charge in [0.2, 0.25) is 0 Å². The molecular weight excluding hydrogens is 195 g/mol. The minimum atomic E-state index is -0.506. The normalized spacial score (nSPS) is 12.1.